The molecule has 0 bridgehead atoms. The smallest absolute Gasteiger partial charge is 0.343 e. The summed E-state index contributed by atoms with van der Waals surface area (Å²) in [7, 11) is 0. The van der Waals surface area contributed by atoms with Gasteiger partial charge in [-0.15, -0.1) is 0 Å². The molecule has 1 aliphatic heterocycles. The summed E-state index contributed by atoms with van der Waals surface area (Å²) in [6.07, 6.45) is 3.01. The molecule has 0 N–H and O–H groups in total. The highest BCUT2D eigenvalue weighted by molar-refractivity contribution is 6.06. The molecule has 4 rings (SSSR count). The van der Waals surface area contributed by atoms with Crippen LogP contribution in [0, 0.1) is 5.82 Å². The van der Waals surface area contributed by atoms with Crippen LogP contribution in [0.5, 0.6) is 17.2 Å². The fourth-order valence-electron chi connectivity index (χ4n) is 2.72. The van der Waals surface area contributed by atoms with Crippen LogP contribution in [0.25, 0.3) is 6.08 Å². The second-order valence-electron chi connectivity index (χ2n) is 6.23. The van der Waals surface area contributed by atoms with Crippen LogP contribution in [-0.2, 0) is 0 Å². The third kappa shape index (κ3) is 4.32. The van der Waals surface area contributed by atoms with E-state index in [0.717, 1.165) is 0 Å². The molecule has 0 fully saturated rings. The zero-order valence-corrected chi connectivity index (χ0v) is 15.1. The van der Waals surface area contributed by atoms with Crippen LogP contribution < -0.4 is 14.2 Å². The Balaban J connectivity index is 1.40. The number of hydrogen-bond acceptors (Lipinski definition) is 5. The molecule has 3 aromatic rings. The number of halogens is 1. The summed E-state index contributed by atoms with van der Waals surface area (Å²) >= 11 is 0. The van der Waals surface area contributed by atoms with E-state index in [-0.39, 0.29) is 18.4 Å². The minimum absolute atomic E-state index is 0.124. The first-order valence-corrected chi connectivity index (χ1v) is 8.78. The first kappa shape index (κ1) is 18.4. The lowest BCUT2D eigenvalue weighted by atomic mass is 10.1. The van der Waals surface area contributed by atoms with E-state index < -0.39 is 5.97 Å². The largest absolute Gasteiger partial charge is 0.454 e. The molecule has 29 heavy (non-hydrogen) atoms. The molecule has 0 saturated carbocycles. The number of fused-ring (bicyclic) bond motifs is 1. The van der Waals surface area contributed by atoms with Crippen molar-refractivity contribution in [3.63, 3.8) is 0 Å². The van der Waals surface area contributed by atoms with E-state index in [1.807, 2.05) is 0 Å². The maximum Gasteiger partial charge on any atom is 0.343 e. The Kier molecular flexibility index (Phi) is 5.07. The molecule has 0 saturated heterocycles. The van der Waals surface area contributed by atoms with Crippen molar-refractivity contribution >= 4 is 17.8 Å². The van der Waals surface area contributed by atoms with Crippen LogP contribution in [0.15, 0.2) is 72.8 Å². The summed E-state index contributed by atoms with van der Waals surface area (Å²) in [6.45, 7) is 0.124. The molecule has 0 radical (unpaired) electrons. The number of ether oxygens (including phenoxy) is 3. The average Bonchev–Trinajstić information content (AvgIpc) is 3.21. The first-order chi connectivity index (χ1) is 14.1. The van der Waals surface area contributed by atoms with E-state index in [1.165, 1.54) is 18.2 Å². The zero-order valence-electron chi connectivity index (χ0n) is 15.1. The Labute approximate surface area is 166 Å². The molecular weight excluding hydrogens is 375 g/mol. The first-order valence-electron chi connectivity index (χ1n) is 8.78. The van der Waals surface area contributed by atoms with E-state index in [9.17, 15) is 14.0 Å². The fourth-order valence-corrected chi connectivity index (χ4v) is 2.72. The van der Waals surface area contributed by atoms with E-state index in [4.69, 9.17) is 14.2 Å². The Bertz CT molecular complexity index is 1090. The predicted molar refractivity (Wildman–Crippen MR) is 104 cm³/mol. The van der Waals surface area contributed by atoms with Gasteiger partial charge in [0.25, 0.3) is 0 Å². The van der Waals surface area contributed by atoms with Crippen LogP contribution in [0.2, 0.25) is 0 Å². The van der Waals surface area contributed by atoms with Crippen LogP contribution >= 0.6 is 0 Å². The van der Waals surface area contributed by atoms with E-state index in [1.54, 1.807) is 60.7 Å². The number of hydrogen-bond donors (Lipinski definition) is 0. The summed E-state index contributed by atoms with van der Waals surface area (Å²) in [6, 6.07) is 16.8. The highest BCUT2D eigenvalue weighted by Crippen LogP contribution is 2.32. The van der Waals surface area contributed by atoms with Crippen LogP contribution in [0.3, 0.4) is 0 Å². The molecule has 6 heteroatoms. The lowest BCUT2D eigenvalue weighted by Crippen LogP contribution is -2.08. The number of allylic oxidation sites excluding steroid dienone is 1. The van der Waals surface area contributed by atoms with Crippen molar-refractivity contribution in [1.82, 2.24) is 0 Å². The topological polar surface area (TPSA) is 61.8 Å². The number of ketones is 1. The lowest BCUT2D eigenvalue weighted by molar-refractivity contribution is 0.0734. The molecule has 1 aliphatic rings. The Morgan fingerprint density at radius 2 is 1.55 bits per heavy atom. The monoisotopic (exact) mass is 390 g/mol. The van der Waals surface area contributed by atoms with Crippen molar-refractivity contribution in [2.24, 2.45) is 0 Å². The van der Waals surface area contributed by atoms with Crippen LogP contribution in [-0.4, -0.2) is 18.5 Å². The molecule has 5 nitrogen and oxygen atoms in total. The third-order valence-corrected chi connectivity index (χ3v) is 4.25. The van der Waals surface area contributed by atoms with Gasteiger partial charge >= 0.3 is 5.97 Å². The Morgan fingerprint density at radius 1 is 0.862 bits per heavy atom. The van der Waals surface area contributed by atoms with E-state index >= 15 is 0 Å². The van der Waals surface area contributed by atoms with Crippen molar-refractivity contribution in [2.45, 2.75) is 0 Å². The molecule has 0 amide bonds. The second kappa shape index (κ2) is 7.98. The summed E-state index contributed by atoms with van der Waals surface area (Å²) in [5.74, 6) is 0.291. The Morgan fingerprint density at radius 3 is 2.31 bits per heavy atom. The summed E-state index contributed by atoms with van der Waals surface area (Å²) in [5.41, 5.74) is 1.48. The molecule has 3 aromatic carbocycles. The van der Waals surface area contributed by atoms with Gasteiger partial charge in [-0.25, -0.2) is 9.18 Å². The molecule has 0 aliphatic carbocycles. The van der Waals surface area contributed by atoms with Crippen molar-refractivity contribution < 1.29 is 28.2 Å². The minimum Gasteiger partial charge on any atom is -0.454 e. The van der Waals surface area contributed by atoms with Gasteiger partial charge in [0.15, 0.2) is 17.3 Å². The number of rotatable bonds is 5. The van der Waals surface area contributed by atoms with Gasteiger partial charge in [-0.05, 0) is 66.2 Å². The van der Waals surface area contributed by atoms with Gasteiger partial charge in [0, 0.05) is 5.56 Å². The van der Waals surface area contributed by atoms with Gasteiger partial charge in [-0.3, -0.25) is 4.79 Å². The van der Waals surface area contributed by atoms with Crippen molar-refractivity contribution in [3.8, 4) is 17.2 Å². The van der Waals surface area contributed by atoms with Gasteiger partial charge in [0.1, 0.15) is 11.6 Å². The highest BCUT2D eigenvalue weighted by atomic mass is 19.1. The minimum atomic E-state index is -0.543. The van der Waals surface area contributed by atoms with Crippen molar-refractivity contribution in [3.05, 3.63) is 95.3 Å². The molecule has 144 valence electrons. The maximum atomic E-state index is 12.9. The standard InChI is InChI=1S/C23H15FO5/c24-18-7-1-15(2-8-18)3-11-20(25)16-4-9-19(10-5-16)29-23(26)17-6-12-21-22(13-17)28-14-27-21/h1-13H,14H2. The van der Waals surface area contributed by atoms with Crippen molar-refractivity contribution in [2.75, 3.05) is 6.79 Å². The van der Waals surface area contributed by atoms with Gasteiger partial charge in [0.2, 0.25) is 6.79 Å². The molecule has 0 unspecified atom stereocenters. The van der Waals surface area contributed by atoms with Gasteiger partial charge in [-0.1, -0.05) is 18.2 Å². The third-order valence-electron chi connectivity index (χ3n) is 4.25. The van der Waals surface area contributed by atoms with Gasteiger partial charge < -0.3 is 14.2 Å². The van der Waals surface area contributed by atoms with Crippen molar-refractivity contribution in [1.29, 1.82) is 0 Å². The fraction of sp³-hybridized carbons (Fsp3) is 0.0435. The van der Waals surface area contributed by atoms with Crippen LogP contribution in [0.1, 0.15) is 26.3 Å². The number of esters is 1. The maximum absolute atomic E-state index is 12.9. The Hall–Kier alpha value is -3.93. The number of carbonyl (C=O) groups excluding carboxylic acids is 2. The number of benzene rings is 3. The second-order valence-corrected chi connectivity index (χ2v) is 6.23. The van der Waals surface area contributed by atoms with E-state index in [0.29, 0.717) is 33.9 Å². The molecule has 1 heterocycles. The normalized spacial score (nSPS) is 12.2. The van der Waals surface area contributed by atoms with Gasteiger partial charge in [0.05, 0.1) is 5.56 Å². The lowest BCUT2D eigenvalue weighted by Gasteiger charge is -2.06. The molecule has 0 aromatic heterocycles. The quantitative estimate of drug-likeness (QED) is 0.274. The molecular formula is C23H15FO5. The predicted octanol–water partition coefficient (Wildman–Crippen LogP) is 4.67. The van der Waals surface area contributed by atoms with Crippen LogP contribution in [0.4, 0.5) is 4.39 Å². The molecule has 0 spiro atoms. The SMILES string of the molecule is O=C(C=Cc1ccc(F)cc1)c1ccc(OC(=O)c2ccc3c(c2)OCO3)cc1. The molecule has 0 atom stereocenters. The summed E-state index contributed by atoms with van der Waals surface area (Å²) in [5, 5.41) is 0. The zero-order chi connectivity index (χ0) is 20.2. The number of carbonyl (C=O) groups is 2. The van der Waals surface area contributed by atoms with E-state index in [2.05, 4.69) is 0 Å². The summed E-state index contributed by atoms with van der Waals surface area (Å²) < 4.78 is 28.7. The summed E-state index contributed by atoms with van der Waals surface area (Å²) in [4.78, 5) is 24.5. The highest BCUT2D eigenvalue weighted by Gasteiger charge is 2.17. The van der Waals surface area contributed by atoms with Gasteiger partial charge in [-0.2, -0.15) is 0 Å². The average molecular weight is 390 g/mol.